The smallest absolute Gasteiger partial charge is 0.251 e. The zero-order valence-corrected chi connectivity index (χ0v) is 20.1. The van der Waals surface area contributed by atoms with Crippen molar-refractivity contribution in [2.24, 2.45) is 0 Å². The third-order valence-corrected chi connectivity index (χ3v) is 6.12. The summed E-state index contributed by atoms with van der Waals surface area (Å²) >= 11 is 1.32. The summed E-state index contributed by atoms with van der Waals surface area (Å²) in [6.45, 7) is 6.51. The minimum Gasteiger partial charge on any atom is -0.497 e. The van der Waals surface area contributed by atoms with Crippen LogP contribution in [0.5, 0.6) is 5.75 Å². The van der Waals surface area contributed by atoms with Gasteiger partial charge in [0.2, 0.25) is 5.91 Å². The maximum Gasteiger partial charge on any atom is 0.251 e. The van der Waals surface area contributed by atoms with Crippen molar-refractivity contribution in [1.29, 1.82) is 0 Å². The molecule has 0 aliphatic rings. The number of amides is 2. The van der Waals surface area contributed by atoms with E-state index in [-0.39, 0.29) is 23.6 Å². The van der Waals surface area contributed by atoms with Gasteiger partial charge in [-0.3, -0.25) is 9.59 Å². The van der Waals surface area contributed by atoms with Gasteiger partial charge in [-0.05, 0) is 56.2 Å². The van der Waals surface area contributed by atoms with Gasteiger partial charge in [-0.1, -0.05) is 36.9 Å². The molecule has 2 amide bonds. The highest BCUT2D eigenvalue weighted by Crippen LogP contribution is 2.22. The van der Waals surface area contributed by atoms with Gasteiger partial charge in [-0.25, -0.2) is 0 Å². The molecule has 0 bridgehead atoms. The quantitative estimate of drug-likeness (QED) is 0.436. The molecule has 3 aromatic rings. The van der Waals surface area contributed by atoms with E-state index in [0.29, 0.717) is 28.8 Å². The number of rotatable bonds is 10. The second-order valence-electron chi connectivity index (χ2n) is 7.36. The van der Waals surface area contributed by atoms with Crippen molar-refractivity contribution in [2.45, 2.75) is 44.9 Å². The van der Waals surface area contributed by atoms with Crippen molar-refractivity contribution in [3.8, 4) is 5.75 Å². The maximum atomic E-state index is 12.6. The number of carbonyl (C=O) groups is 2. The van der Waals surface area contributed by atoms with Gasteiger partial charge in [0.1, 0.15) is 5.75 Å². The first-order chi connectivity index (χ1) is 16.0. The fourth-order valence-electron chi connectivity index (χ4n) is 3.38. The molecule has 0 radical (unpaired) electrons. The molecule has 2 aromatic carbocycles. The van der Waals surface area contributed by atoms with E-state index in [2.05, 4.69) is 27.8 Å². The Bertz CT molecular complexity index is 1100. The number of nitrogens with one attached hydrogen (secondary N) is 2. The Morgan fingerprint density at radius 3 is 2.48 bits per heavy atom. The van der Waals surface area contributed by atoms with E-state index in [4.69, 9.17) is 4.74 Å². The summed E-state index contributed by atoms with van der Waals surface area (Å²) in [5, 5.41) is 15.1. The van der Waals surface area contributed by atoms with Crippen LogP contribution in [-0.4, -0.2) is 39.4 Å². The Labute approximate surface area is 198 Å². The lowest BCUT2D eigenvalue weighted by molar-refractivity contribution is -0.113. The van der Waals surface area contributed by atoms with Crippen LogP contribution in [0.15, 0.2) is 53.7 Å². The summed E-state index contributed by atoms with van der Waals surface area (Å²) in [6, 6.07) is 14.3. The first-order valence-corrected chi connectivity index (χ1v) is 11.8. The minimum absolute atomic E-state index is 0.103. The number of ether oxygens (including phenoxy) is 1. The lowest BCUT2D eigenvalue weighted by Gasteiger charge is -2.15. The van der Waals surface area contributed by atoms with E-state index in [1.807, 2.05) is 42.7 Å². The zero-order valence-electron chi connectivity index (χ0n) is 19.3. The van der Waals surface area contributed by atoms with Crippen LogP contribution in [0.4, 0.5) is 5.69 Å². The molecule has 1 unspecified atom stereocenters. The van der Waals surface area contributed by atoms with Gasteiger partial charge >= 0.3 is 0 Å². The number of para-hydroxylation sites is 1. The maximum absolute atomic E-state index is 12.6. The molecule has 9 heteroatoms. The molecule has 1 aromatic heterocycles. The number of aromatic nitrogens is 3. The number of thioether (sulfide) groups is 1. The molecule has 0 saturated heterocycles. The van der Waals surface area contributed by atoms with Crippen LogP contribution in [0.1, 0.15) is 48.6 Å². The van der Waals surface area contributed by atoms with Crippen molar-refractivity contribution < 1.29 is 14.3 Å². The fraction of sp³-hybridized carbons (Fsp3) is 0.333. The summed E-state index contributed by atoms with van der Waals surface area (Å²) in [5.41, 5.74) is 2.46. The van der Waals surface area contributed by atoms with Crippen molar-refractivity contribution in [1.82, 2.24) is 20.1 Å². The molecular formula is C24H29N5O3S. The SMILES string of the molecule is CCc1ccccc1NC(=O)CSc1nnc(C(C)NC(=O)c2ccc(OC)cc2)n1CC. The van der Waals surface area contributed by atoms with E-state index in [0.717, 1.165) is 17.7 Å². The van der Waals surface area contributed by atoms with E-state index >= 15 is 0 Å². The number of hydrogen-bond acceptors (Lipinski definition) is 6. The first-order valence-electron chi connectivity index (χ1n) is 10.8. The highest BCUT2D eigenvalue weighted by atomic mass is 32.2. The van der Waals surface area contributed by atoms with Crippen LogP contribution in [0.25, 0.3) is 0 Å². The molecule has 174 valence electrons. The third kappa shape index (κ3) is 6.13. The second-order valence-corrected chi connectivity index (χ2v) is 8.30. The summed E-state index contributed by atoms with van der Waals surface area (Å²) in [7, 11) is 1.58. The monoisotopic (exact) mass is 467 g/mol. The molecule has 0 saturated carbocycles. The Morgan fingerprint density at radius 2 is 1.82 bits per heavy atom. The van der Waals surface area contributed by atoms with Gasteiger partial charge in [0.15, 0.2) is 11.0 Å². The van der Waals surface area contributed by atoms with Gasteiger partial charge in [-0.2, -0.15) is 0 Å². The van der Waals surface area contributed by atoms with Gasteiger partial charge < -0.3 is 19.9 Å². The molecule has 8 nitrogen and oxygen atoms in total. The fourth-order valence-corrected chi connectivity index (χ4v) is 4.19. The Kier molecular flexibility index (Phi) is 8.48. The summed E-state index contributed by atoms with van der Waals surface area (Å²) in [4.78, 5) is 25.1. The molecule has 0 aliphatic carbocycles. The largest absolute Gasteiger partial charge is 0.497 e. The van der Waals surface area contributed by atoms with E-state index in [1.165, 1.54) is 11.8 Å². The predicted molar refractivity (Wildman–Crippen MR) is 130 cm³/mol. The van der Waals surface area contributed by atoms with Crippen LogP contribution in [0.3, 0.4) is 0 Å². The van der Waals surface area contributed by atoms with Gasteiger partial charge in [0.05, 0.1) is 18.9 Å². The van der Waals surface area contributed by atoms with Crippen molar-refractivity contribution in [3.05, 3.63) is 65.5 Å². The molecule has 0 aliphatic heterocycles. The van der Waals surface area contributed by atoms with Gasteiger partial charge in [-0.15, -0.1) is 10.2 Å². The summed E-state index contributed by atoms with van der Waals surface area (Å²) in [6.07, 6.45) is 0.844. The van der Waals surface area contributed by atoms with E-state index in [9.17, 15) is 9.59 Å². The topological polar surface area (TPSA) is 98.1 Å². The molecule has 1 heterocycles. The van der Waals surface area contributed by atoms with Crippen molar-refractivity contribution in [3.63, 3.8) is 0 Å². The average molecular weight is 468 g/mol. The molecule has 1 atom stereocenters. The first kappa shape index (κ1) is 24.3. The van der Waals surface area contributed by atoms with E-state index in [1.54, 1.807) is 31.4 Å². The van der Waals surface area contributed by atoms with Crippen molar-refractivity contribution >= 4 is 29.3 Å². The van der Waals surface area contributed by atoms with Crippen LogP contribution >= 0.6 is 11.8 Å². The molecule has 33 heavy (non-hydrogen) atoms. The number of methoxy groups -OCH3 is 1. The molecule has 0 spiro atoms. The Balaban J connectivity index is 1.62. The number of nitrogens with zero attached hydrogens (tertiary/aromatic N) is 3. The third-order valence-electron chi connectivity index (χ3n) is 5.15. The predicted octanol–water partition coefficient (Wildman–Crippen LogP) is 4.09. The van der Waals surface area contributed by atoms with Crippen LogP contribution in [0, 0.1) is 0 Å². The molecule has 0 fully saturated rings. The average Bonchev–Trinajstić information content (AvgIpc) is 3.26. The number of hydrogen-bond donors (Lipinski definition) is 2. The number of benzene rings is 2. The van der Waals surface area contributed by atoms with Crippen molar-refractivity contribution in [2.75, 3.05) is 18.2 Å². The Morgan fingerprint density at radius 1 is 1.09 bits per heavy atom. The molecular weight excluding hydrogens is 438 g/mol. The normalized spacial score (nSPS) is 11.6. The zero-order chi connectivity index (χ0) is 23.8. The number of aryl methyl sites for hydroxylation is 1. The van der Waals surface area contributed by atoms with Gasteiger partial charge in [0, 0.05) is 17.8 Å². The lowest BCUT2D eigenvalue weighted by atomic mass is 10.1. The second kappa shape index (κ2) is 11.5. The molecule has 2 N–H and O–H groups in total. The molecule has 3 rings (SSSR count). The lowest BCUT2D eigenvalue weighted by Crippen LogP contribution is -2.28. The van der Waals surface area contributed by atoms with Crippen LogP contribution < -0.4 is 15.4 Å². The number of anilines is 1. The highest BCUT2D eigenvalue weighted by molar-refractivity contribution is 7.99. The summed E-state index contributed by atoms with van der Waals surface area (Å²) < 4.78 is 7.05. The number of carbonyl (C=O) groups excluding carboxylic acids is 2. The van der Waals surface area contributed by atoms with Gasteiger partial charge in [0.25, 0.3) is 5.91 Å². The van der Waals surface area contributed by atoms with Crippen LogP contribution in [0.2, 0.25) is 0 Å². The standard InChI is InChI=1S/C24H29N5O3S/c1-5-17-9-7-8-10-20(17)26-21(30)15-33-24-28-27-22(29(24)6-2)16(3)25-23(31)18-11-13-19(32-4)14-12-18/h7-14,16H,5-6,15H2,1-4H3,(H,25,31)(H,26,30). The highest BCUT2D eigenvalue weighted by Gasteiger charge is 2.20. The summed E-state index contributed by atoms with van der Waals surface area (Å²) in [5.74, 6) is 1.23. The van der Waals surface area contributed by atoms with Crippen LogP contribution in [-0.2, 0) is 17.8 Å². The minimum atomic E-state index is -0.355. The Hall–Kier alpha value is -3.33. The van der Waals surface area contributed by atoms with E-state index < -0.39 is 0 Å².